The third kappa shape index (κ3) is 5.42. The Morgan fingerprint density at radius 2 is 1.73 bits per heavy atom. The molecule has 15 heteroatoms. The summed E-state index contributed by atoms with van der Waals surface area (Å²) in [6.45, 7) is 3.97. The van der Waals surface area contributed by atoms with Crippen LogP contribution in [0.4, 0.5) is 16.3 Å². The number of hydrogen-bond acceptors (Lipinski definition) is 9. The number of halogens is 2. The number of nitrogens with one attached hydrogen (secondary N) is 3. The molecule has 0 saturated carbocycles. The number of anilines is 2. The van der Waals surface area contributed by atoms with Crippen molar-refractivity contribution < 1.29 is 9.53 Å². The average molecular weight is 729 g/mol. The van der Waals surface area contributed by atoms with Gasteiger partial charge in [-0.3, -0.25) is 18.8 Å². The number of rotatable bonds is 6. The van der Waals surface area contributed by atoms with Crippen molar-refractivity contribution in [3.05, 3.63) is 90.3 Å². The van der Waals surface area contributed by atoms with Gasteiger partial charge in [-0.2, -0.15) is 0 Å². The minimum atomic E-state index is -0.522. The number of fused-ring (bicyclic) bond motifs is 2. The summed E-state index contributed by atoms with van der Waals surface area (Å²) in [7, 11) is 4.62. The second-order valence-electron chi connectivity index (χ2n) is 13.4. The van der Waals surface area contributed by atoms with Crippen LogP contribution in [0.3, 0.4) is 0 Å². The number of aromatic nitrogens is 5. The molecule has 2 aromatic carbocycles. The van der Waals surface area contributed by atoms with Gasteiger partial charge in [0.2, 0.25) is 5.88 Å². The van der Waals surface area contributed by atoms with Gasteiger partial charge in [0.05, 0.1) is 34.1 Å². The van der Waals surface area contributed by atoms with E-state index in [9.17, 15) is 14.4 Å². The highest BCUT2D eigenvalue weighted by atomic mass is 35.5. The van der Waals surface area contributed by atoms with Gasteiger partial charge < -0.3 is 20.7 Å². The quantitative estimate of drug-likeness (QED) is 0.223. The summed E-state index contributed by atoms with van der Waals surface area (Å²) in [5.41, 5.74) is 4.50. The van der Waals surface area contributed by atoms with E-state index in [1.54, 1.807) is 27.1 Å². The lowest BCUT2D eigenvalue weighted by atomic mass is 9.99. The number of urea groups is 1. The molecule has 1 aliphatic carbocycles. The molecule has 0 bridgehead atoms. The van der Waals surface area contributed by atoms with Crippen LogP contribution in [0.15, 0.2) is 52.1 Å². The maximum Gasteiger partial charge on any atom is 0.332 e. The third-order valence-corrected chi connectivity index (χ3v) is 11.2. The second-order valence-corrected chi connectivity index (χ2v) is 14.2. The lowest BCUT2D eigenvalue weighted by molar-refractivity contribution is 0.219. The van der Waals surface area contributed by atoms with Crippen molar-refractivity contribution in [2.45, 2.75) is 37.8 Å². The van der Waals surface area contributed by atoms with Gasteiger partial charge in [0, 0.05) is 62.0 Å². The van der Waals surface area contributed by atoms with E-state index in [-0.39, 0.29) is 34.5 Å². The summed E-state index contributed by atoms with van der Waals surface area (Å²) in [5, 5.41) is 10.3. The van der Waals surface area contributed by atoms with E-state index in [4.69, 9.17) is 32.9 Å². The fourth-order valence-corrected chi connectivity index (χ4v) is 8.40. The number of ether oxygens (including phenoxy) is 1. The van der Waals surface area contributed by atoms with Gasteiger partial charge in [-0.15, -0.1) is 0 Å². The van der Waals surface area contributed by atoms with E-state index in [1.165, 1.54) is 11.6 Å². The molecule has 51 heavy (non-hydrogen) atoms. The molecule has 1 spiro atoms. The predicted molar refractivity (Wildman–Crippen MR) is 196 cm³/mol. The molecule has 5 aromatic rings. The van der Waals surface area contributed by atoms with Gasteiger partial charge in [-0.05, 0) is 43.9 Å². The van der Waals surface area contributed by atoms with Crippen LogP contribution in [0.1, 0.15) is 35.8 Å². The molecule has 3 aliphatic rings. The summed E-state index contributed by atoms with van der Waals surface area (Å²) >= 11 is 14.3. The lowest BCUT2D eigenvalue weighted by Gasteiger charge is -2.28. The molecule has 0 unspecified atom stereocenters. The number of methoxy groups -OCH3 is 1. The third-order valence-electron chi connectivity index (χ3n) is 10.3. The first-order valence-corrected chi connectivity index (χ1v) is 17.4. The fraction of sp³-hybridized carbons (Fsp3) is 0.333. The Balaban J connectivity index is 1.14. The number of aryl methyl sites for hydroxylation is 3. The molecule has 2 saturated heterocycles. The van der Waals surface area contributed by atoms with Gasteiger partial charge in [-0.25, -0.2) is 24.5 Å². The Kier molecular flexibility index (Phi) is 8.04. The maximum absolute atomic E-state index is 13.2. The molecule has 2 aliphatic heterocycles. The standard InChI is InChI=1S/C36H35Cl2N9O4/c1-18-40-30(27-31(41-18)45(2)35(50)46(3)33(27)48)42-23-10-6-8-21(29(23)38)20-7-5-9-22(28(20)37)24-15-19-11-12-25(26(19)32(43-24)51-4)47-14-13-36(17-47)16-39-34(49)44-36/h5-10,15,25H,11-14,16-17H2,1-4H3,(H2,39,44,49)(H,40,41,42)/t25-,36-/m1/s1. The van der Waals surface area contributed by atoms with E-state index in [2.05, 4.69) is 36.9 Å². The number of pyridine rings is 1. The van der Waals surface area contributed by atoms with E-state index >= 15 is 0 Å². The number of amides is 2. The average Bonchev–Trinajstić information content (AvgIpc) is 3.84. The maximum atomic E-state index is 13.2. The molecule has 2 amide bonds. The Morgan fingerprint density at radius 3 is 2.47 bits per heavy atom. The van der Waals surface area contributed by atoms with Gasteiger partial charge in [-0.1, -0.05) is 53.5 Å². The monoisotopic (exact) mass is 727 g/mol. The van der Waals surface area contributed by atoms with Gasteiger partial charge >= 0.3 is 11.7 Å². The zero-order valence-electron chi connectivity index (χ0n) is 28.4. The van der Waals surface area contributed by atoms with Crippen molar-refractivity contribution >= 4 is 51.8 Å². The van der Waals surface area contributed by atoms with Crippen LogP contribution in [0.2, 0.25) is 10.0 Å². The molecule has 5 heterocycles. The Bertz CT molecular complexity index is 2410. The molecule has 13 nitrogen and oxygen atoms in total. The first kappa shape index (κ1) is 33.2. The zero-order chi connectivity index (χ0) is 35.8. The minimum absolute atomic E-state index is 0.105. The smallest absolute Gasteiger partial charge is 0.332 e. The van der Waals surface area contributed by atoms with Crippen LogP contribution in [0, 0.1) is 6.92 Å². The Hall–Kier alpha value is -4.98. The van der Waals surface area contributed by atoms with Gasteiger partial charge in [0.25, 0.3) is 5.56 Å². The number of likely N-dealkylation sites (tertiary alicyclic amines) is 1. The summed E-state index contributed by atoms with van der Waals surface area (Å²) in [5.74, 6) is 1.18. The first-order chi connectivity index (χ1) is 24.5. The largest absolute Gasteiger partial charge is 0.481 e. The summed E-state index contributed by atoms with van der Waals surface area (Å²) < 4.78 is 8.25. The van der Waals surface area contributed by atoms with Crippen LogP contribution in [-0.4, -0.2) is 67.3 Å². The van der Waals surface area contributed by atoms with Crippen molar-refractivity contribution in [2.24, 2.45) is 14.1 Å². The fourth-order valence-electron chi connectivity index (χ4n) is 7.80. The predicted octanol–water partition coefficient (Wildman–Crippen LogP) is 4.87. The highest BCUT2D eigenvalue weighted by Crippen LogP contribution is 2.47. The van der Waals surface area contributed by atoms with Crippen molar-refractivity contribution in [1.82, 2.24) is 39.6 Å². The molecule has 262 valence electrons. The van der Waals surface area contributed by atoms with Crippen LogP contribution >= 0.6 is 23.2 Å². The van der Waals surface area contributed by atoms with Crippen molar-refractivity contribution in [3.8, 4) is 28.3 Å². The van der Waals surface area contributed by atoms with E-state index in [0.717, 1.165) is 53.6 Å². The molecule has 3 aromatic heterocycles. The normalized spacial score (nSPS) is 19.8. The molecule has 3 N–H and O–H groups in total. The molecule has 8 rings (SSSR count). The summed E-state index contributed by atoms with van der Waals surface area (Å²) in [6, 6.07) is 13.4. The summed E-state index contributed by atoms with van der Waals surface area (Å²) in [6.07, 6.45) is 2.69. The topological polar surface area (TPSA) is 148 Å². The number of nitrogens with zero attached hydrogens (tertiary/aromatic N) is 6. The second kappa shape index (κ2) is 12.4. The van der Waals surface area contributed by atoms with Crippen LogP contribution in [-0.2, 0) is 20.5 Å². The van der Waals surface area contributed by atoms with Gasteiger partial charge in [0.15, 0.2) is 5.65 Å². The number of hydrogen-bond donors (Lipinski definition) is 3. The molecule has 2 fully saturated rings. The highest BCUT2D eigenvalue weighted by molar-refractivity contribution is 6.39. The molecule has 2 atom stereocenters. The number of carbonyl (C=O) groups is 1. The van der Waals surface area contributed by atoms with Crippen LogP contribution in [0.5, 0.6) is 5.88 Å². The first-order valence-electron chi connectivity index (χ1n) is 16.7. The van der Waals surface area contributed by atoms with Gasteiger partial charge in [0.1, 0.15) is 17.0 Å². The van der Waals surface area contributed by atoms with Crippen molar-refractivity contribution in [2.75, 3.05) is 32.1 Å². The molecular formula is C36H35Cl2N9O4. The highest BCUT2D eigenvalue weighted by Gasteiger charge is 2.46. The molecular weight excluding hydrogens is 693 g/mol. The SMILES string of the molecule is COc1nc(-c2cccc(-c3cccc(Nc4nc(C)nc5c4c(=O)n(C)c(=O)n5C)c3Cl)c2Cl)cc2c1[C@H](N1CC[C@@]3(CNC(=O)N3)C1)CC2. The van der Waals surface area contributed by atoms with Crippen LogP contribution < -0.4 is 31.9 Å². The lowest BCUT2D eigenvalue weighted by Crippen LogP contribution is -2.46. The summed E-state index contributed by atoms with van der Waals surface area (Å²) in [4.78, 5) is 54.0. The van der Waals surface area contributed by atoms with E-state index < -0.39 is 11.2 Å². The van der Waals surface area contributed by atoms with Crippen molar-refractivity contribution in [3.63, 3.8) is 0 Å². The number of carbonyl (C=O) groups excluding carboxylic acids is 1. The van der Waals surface area contributed by atoms with Crippen LogP contribution in [0.25, 0.3) is 33.4 Å². The Labute approximate surface area is 302 Å². The Morgan fingerprint density at radius 1 is 0.980 bits per heavy atom. The van der Waals surface area contributed by atoms with E-state index in [1.807, 2.05) is 30.3 Å². The molecule has 0 radical (unpaired) electrons. The zero-order valence-corrected chi connectivity index (χ0v) is 29.9. The van der Waals surface area contributed by atoms with E-state index in [0.29, 0.717) is 50.8 Å². The minimum Gasteiger partial charge on any atom is -0.481 e. The van der Waals surface area contributed by atoms with Crippen molar-refractivity contribution in [1.29, 1.82) is 0 Å². The number of benzene rings is 2.